The molecule has 4 aliphatic rings. The van der Waals surface area contributed by atoms with Crippen LogP contribution in [0.5, 0.6) is 6.01 Å². The Bertz CT molecular complexity index is 1930. The lowest BCUT2D eigenvalue weighted by atomic mass is 9.95. The third-order valence-corrected chi connectivity index (χ3v) is 11.5. The van der Waals surface area contributed by atoms with E-state index in [2.05, 4.69) is 32.8 Å². The molecule has 1 amide bonds. The smallest absolute Gasteiger partial charge is 0.319 e. The fraction of sp³-hybridized carbons (Fsp3) is 0.553. The number of morpholine rings is 1. The number of nitriles is 1. The molecular formula is C38H43ClF4N8O3. The normalized spacial score (nSPS) is 25.2. The number of carbonyl (C=O) groups is 1. The van der Waals surface area contributed by atoms with Crippen molar-refractivity contribution >= 4 is 34.2 Å². The van der Waals surface area contributed by atoms with Crippen LogP contribution in [0.15, 0.2) is 36.5 Å². The SMILES string of the molecule is CC[C@H]1COCCN1C/C=C/C(=O)N1CCN(c2nc(OC[C@@]34CCCN3C[C@H](F)C4)nc3c(F)c(-c4cccc(Cl)c4C(F)F)ncc23)C[C@@H]1CC#N. The molecule has 11 nitrogen and oxygen atoms in total. The summed E-state index contributed by atoms with van der Waals surface area (Å²) in [6, 6.07) is 5.86. The maximum absolute atomic E-state index is 16.6. The third-order valence-electron chi connectivity index (χ3n) is 11.2. The number of halogens is 5. The number of amides is 1. The van der Waals surface area contributed by atoms with Crippen molar-refractivity contribution in [1.29, 1.82) is 5.26 Å². The number of hydrogen-bond donors (Lipinski definition) is 0. The number of benzene rings is 1. The van der Waals surface area contributed by atoms with Gasteiger partial charge in [-0.2, -0.15) is 15.2 Å². The fourth-order valence-corrected chi connectivity index (χ4v) is 8.69. The molecular weight excluding hydrogens is 728 g/mol. The summed E-state index contributed by atoms with van der Waals surface area (Å²) in [5.41, 5.74) is -1.83. The van der Waals surface area contributed by atoms with Crippen molar-refractivity contribution < 1.29 is 31.8 Å². The summed E-state index contributed by atoms with van der Waals surface area (Å²) in [6.45, 7) is 6.65. The summed E-state index contributed by atoms with van der Waals surface area (Å²) in [7, 11) is 0. The Labute approximate surface area is 316 Å². The van der Waals surface area contributed by atoms with Gasteiger partial charge in [-0.15, -0.1) is 0 Å². The standard InChI is InChI=1S/C38H43ClF4N8O3/c1-2-25-22-53-17-16-48(25)12-4-8-30(52)51-15-14-49(21-26(51)9-11-44)36-28-19-45-33(27-6-3-7-29(39)31(27)35(42)43)32(41)34(28)46-37(47-36)54-23-38-10-5-13-50(38)20-24(40)18-38/h3-4,6-8,19,24-26,35H,2,5,9-10,12-18,20-23H2,1H3/b8-4+/t24-,25+,26+,38+/m1/s1. The van der Waals surface area contributed by atoms with Gasteiger partial charge in [-0.1, -0.05) is 36.7 Å². The van der Waals surface area contributed by atoms with Gasteiger partial charge in [0.15, 0.2) is 5.82 Å². The van der Waals surface area contributed by atoms with Crippen LogP contribution in [0.3, 0.4) is 0 Å². The number of aromatic nitrogens is 3. The molecule has 1 aromatic carbocycles. The predicted octanol–water partition coefficient (Wildman–Crippen LogP) is 5.97. The van der Waals surface area contributed by atoms with Gasteiger partial charge >= 0.3 is 6.01 Å². The van der Waals surface area contributed by atoms with Crippen LogP contribution in [-0.4, -0.2) is 125 Å². The van der Waals surface area contributed by atoms with Crippen LogP contribution in [0.1, 0.15) is 51.0 Å². The van der Waals surface area contributed by atoms with Gasteiger partial charge in [0.1, 0.15) is 29.8 Å². The number of carbonyl (C=O) groups excluding carboxylic acids is 1. The van der Waals surface area contributed by atoms with Crippen LogP contribution in [0, 0.1) is 17.1 Å². The topological polar surface area (TPSA) is 111 Å². The van der Waals surface area contributed by atoms with Crippen molar-refractivity contribution in [1.82, 2.24) is 29.7 Å². The third kappa shape index (κ3) is 7.58. The average Bonchev–Trinajstić information content (AvgIpc) is 3.69. The van der Waals surface area contributed by atoms with Gasteiger partial charge in [0, 0.05) is 75.1 Å². The van der Waals surface area contributed by atoms with E-state index < -0.39 is 35.6 Å². The minimum atomic E-state index is -3.00. The van der Waals surface area contributed by atoms with Gasteiger partial charge in [-0.05, 0) is 31.9 Å². The minimum absolute atomic E-state index is 0.0362. The largest absolute Gasteiger partial charge is 0.461 e. The highest BCUT2D eigenvalue weighted by atomic mass is 35.5. The molecule has 0 aliphatic carbocycles. The molecule has 0 saturated carbocycles. The van der Waals surface area contributed by atoms with Crippen LogP contribution in [-0.2, 0) is 9.53 Å². The monoisotopic (exact) mass is 770 g/mol. The number of alkyl halides is 3. The zero-order valence-electron chi connectivity index (χ0n) is 30.1. The summed E-state index contributed by atoms with van der Waals surface area (Å²) >= 11 is 6.13. The lowest BCUT2D eigenvalue weighted by Crippen LogP contribution is -2.55. The molecule has 0 unspecified atom stereocenters. The molecule has 0 spiro atoms. The van der Waals surface area contributed by atoms with Crippen molar-refractivity contribution in [3.63, 3.8) is 0 Å². The molecule has 0 N–H and O–H groups in total. The van der Waals surface area contributed by atoms with Crippen molar-refractivity contribution in [2.24, 2.45) is 0 Å². The van der Waals surface area contributed by atoms with Gasteiger partial charge in [0.05, 0.1) is 47.7 Å². The quantitative estimate of drug-likeness (QED) is 0.171. The highest BCUT2D eigenvalue weighted by Crippen LogP contribution is 2.42. The number of rotatable bonds is 11. The number of ether oxygens (including phenoxy) is 2. The van der Waals surface area contributed by atoms with Crippen molar-refractivity contribution in [2.45, 2.75) is 69.2 Å². The van der Waals surface area contributed by atoms with Crippen molar-refractivity contribution in [2.75, 3.05) is 70.5 Å². The summed E-state index contributed by atoms with van der Waals surface area (Å²) in [6.07, 6.45) is 3.63. The Kier molecular flexibility index (Phi) is 11.5. The zero-order valence-corrected chi connectivity index (χ0v) is 30.8. The lowest BCUT2D eigenvalue weighted by Gasteiger charge is -2.41. The number of hydrogen-bond acceptors (Lipinski definition) is 10. The first kappa shape index (κ1) is 38.2. The van der Waals surface area contributed by atoms with E-state index in [4.69, 9.17) is 26.1 Å². The number of nitrogens with zero attached hydrogens (tertiary/aromatic N) is 8. The van der Waals surface area contributed by atoms with E-state index in [0.29, 0.717) is 32.7 Å². The molecule has 4 atom stereocenters. The molecule has 4 fully saturated rings. The molecule has 6 heterocycles. The first-order valence-corrected chi connectivity index (χ1v) is 18.9. The van der Waals surface area contributed by atoms with E-state index in [1.165, 1.54) is 24.4 Å². The molecule has 7 rings (SSSR count). The first-order valence-electron chi connectivity index (χ1n) is 18.5. The molecule has 0 radical (unpaired) electrons. The maximum Gasteiger partial charge on any atom is 0.319 e. The van der Waals surface area contributed by atoms with Gasteiger partial charge in [0.2, 0.25) is 5.91 Å². The van der Waals surface area contributed by atoms with Gasteiger partial charge in [0.25, 0.3) is 6.43 Å². The van der Waals surface area contributed by atoms with Crippen molar-refractivity contribution in [3.05, 3.63) is 53.0 Å². The van der Waals surface area contributed by atoms with Crippen LogP contribution in [0.4, 0.5) is 23.4 Å². The highest BCUT2D eigenvalue weighted by Gasteiger charge is 2.49. The Morgan fingerprint density at radius 2 is 2.06 bits per heavy atom. The second-order valence-corrected chi connectivity index (χ2v) is 14.8. The van der Waals surface area contributed by atoms with Crippen molar-refractivity contribution in [3.8, 4) is 23.3 Å². The van der Waals surface area contributed by atoms with E-state index in [0.717, 1.165) is 32.4 Å². The Hall–Kier alpha value is -4.10. The number of piperazine rings is 1. The molecule has 0 bridgehead atoms. The van der Waals surface area contributed by atoms with E-state index >= 15 is 4.39 Å². The van der Waals surface area contributed by atoms with Crippen LogP contribution in [0.25, 0.3) is 22.2 Å². The van der Waals surface area contributed by atoms with E-state index in [-0.39, 0.29) is 83.6 Å². The summed E-state index contributed by atoms with van der Waals surface area (Å²) in [4.78, 5) is 34.8. The predicted molar refractivity (Wildman–Crippen MR) is 195 cm³/mol. The first-order chi connectivity index (χ1) is 26.1. The Morgan fingerprint density at radius 1 is 1.20 bits per heavy atom. The Balaban J connectivity index is 1.20. The van der Waals surface area contributed by atoms with E-state index in [1.807, 2.05) is 11.0 Å². The summed E-state index contributed by atoms with van der Waals surface area (Å²) < 4.78 is 71.3. The van der Waals surface area contributed by atoms with Crippen LogP contribution >= 0.6 is 11.6 Å². The van der Waals surface area contributed by atoms with Gasteiger partial charge < -0.3 is 19.3 Å². The molecule has 16 heteroatoms. The number of anilines is 1. The molecule has 4 saturated heterocycles. The van der Waals surface area contributed by atoms with Crippen LogP contribution < -0.4 is 9.64 Å². The Morgan fingerprint density at radius 3 is 2.85 bits per heavy atom. The second-order valence-electron chi connectivity index (χ2n) is 14.4. The molecule has 288 valence electrons. The molecule has 4 aliphatic heterocycles. The maximum atomic E-state index is 16.6. The van der Waals surface area contributed by atoms with Gasteiger partial charge in [-0.25, -0.2) is 17.6 Å². The average molecular weight is 771 g/mol. The van der Waals surface area contributed by atoms with E-state index in [9.17, 15) is 23.2 Å². The lowest BCUT2D eigenvalue weighted by molar-refractivity contribution is -0.128. The second kappa shape index (κ2) is 16.3. The zero-order chi connectivity index (χ0) is 38.0. The van der Waals surface area contributed by atoms with Crippen LogP contribution in [0.2, 0.25) is 5.02 Å². The number of fused-ring (bicyclic) bond motifs is 2. The summed E-state index contributed by atoms with van der Waals surface area (Å²) in [5, 5.41) is 9.74. The fourth-order valence-electron chi connectivity index (χ4n) is 8.44. The summed E-state index contributed by atoms with van der Waals surface area (Å²) in [5.74, 6) is -0.926. The minimum Gasteiger partial charge on any atom is -0.461 e. The van der Waals surface area contributed by atoms with Gasteiger partial charge in [-0.3, -0.25) is 19.6 Å². The molecule has 54 heavy (non-hydrogen) atoms. The van der Waals surface area contributed by atoms with E-state index in [1.54, 1.807) is 11.0 Å². The number of pyridine rings is 1. The molecule has 2 aromatic heterocycles. The molecule has 3 aromatic rings. The highest BCUT2D eigenvalue weighted by molar-refractivity contribution is 6.31.